The molecule has 5 heteroatoms. The van der Waals surface area contributed by atoms with Crippen LogP contribution in [-0.2, 0) is 13.1 Å². The summed E-state index contributed by atoms with van der Waals surface area (Å²) in [5.74, 6) is -1.70. The standard InChI is InChI=1S/C11H9F2N3/c12-9-2-1-8(3-10(9)13)16-6-7-4-14-5-11(7)15-16/h1-3,6,14H,4-5H2. The predicted octanol–water partition coefficient (Wildman–Crippen LogP) is 1.75. The largest absolute Gasteiger partial charge is 0.307 e. The lowest BCUT2D eigenvalue weighted by Gasteiger charge is -2.02. The Morgan fingerprint density at radius 1 is 1.19 bits per heavy atom. The van der Waals surface area contributed by atoms with E-state index in [2.05, 4.69) is 10.4 Å². The van der Waals surface area contributed by atoms with E-state index < -0.39 is 11.6 Å². The SMILES string of the molecule is Fc1ccc(-n2cc3c(n2)CNC3)cc1F. The molecule has 0 saturated heterocycles. The van der Waals surface area contributed by atoms with Crippen LogP contribution in [0.5, 0.6) is 0 Å². The molecular weight excluding hydrogens is 212 g/mol. The first-order chi connectivity index (χ1) is 7.74. The van der Waals surface area contributed by atoms with Crippen LogP contribution in [0.3, 0.4) is 0 Å². The van der Waals surface area contributed by atoms with Crippen LogP contribution in [0.2, 0.25) is 0 Å². The summed E-state index contributed by atoms with van der Waals surface area (Å²) in [6, 6.07) is 3.76. The second-order valence-electron chi connectivity index (χ2n) is 3.75. The maximum atomic E-state index is 13.0. The van der Waals surface area contributed by atoms with Gasteiger partial charge in [-0.3, -0.25) is 0 Å². The van der Waals surface area contributed by atoms with Gasteiger partial charge in [-0.15, -0.1) is 0 Å². The molecular formula is C11H9F2N3. The molecule has 2 aromatic rings. The molecule has 0 bridgehead atoms. The Bertz CT molecular complexity index is 527. The zero-order valence-electron chi connectivity index (χ0n) is 8.37. The molecule has 0 amide bonds. The minimum Gasteiger partial charge on any atom is -0.307 e. The van der Waals surface area contributed by atoms with Gasteiger partial charge in [0.25, 0.3) is 0 Å². The summed E-state index contributed by atoms with van der Waals surface area (Å²) in [7, 11) is 0. The molecule has 0 unspecified atom stereocenters. The van der Waals surface area contributed by atoms with Crippen molar-refractivity contribution in [1.82, 2.24) is 15.1 Å². The Labute approximate surface area is 90.7 Å². The number of fused-ring (bicyclic) bond motifs is 1. The van der Waals surface area contributed by atoms with Crippen LogP contribution in [0.4, 0.5) is 8.78 Å². The van der Waals surface area contributed by atoms with Gasteiger partial charge in [0, 0.05) is 30.9 Å². The van der Waals surface area contributed by atoms with E-state index >= 15 is 0 Å². The van der Waals surface area contributed by atoms with Crippen molar-refractivity contribution in [1.29, 1.82) is 0 Å². The fourth-order valence-corrected chi connectivity index (χ4v) is 1.82. The number of hydrogen-bond acceptors (Lipinski definition) is 2. The average Bonchev–Trinajstić information content (AvgIpc) is 2.81. The van der Waals surface area contributed by atoms with Gasteiger partial charge in [-0.2, -0.15) is 5.10 Å². The molecule has 1 aromatic carbocycles. The molecule has 0 atom stereocenters. The second kappa shape index (κ2) is 3.38. The number of nitrogens with one attached hydrogen (secondary N) is 1. The molecule has 3 rings (SSSR count). The molecule has 0 aliphatic carbocycles. The summed E-state index contributed by atoms with van der Waals surface area (Å²) in [4.78, 5) is 0. The van der Waals surface area contributed by atoms with Gasteiger partial charge in [0.1, 0.15) is 0 Å². The van der Waals surface area contributed by atoms with Crippen molar-refractivity contribution in [3.8, 4) is 5.69 Å². The van der Waals surface area contributed by atoms with E-state index in [4.69, 9.17) is 0 Å². The Morgan fingerprint density at radius 2 is 2.06 bits per heavy atom. The lowest BCUT2D eigenvalue weighted by atomic mass is 10.3. The lowest BCUT2D eigenvalue weighted by Crippen LogP contribution is -2.05. The highest BCUT2D eigenvalue weighted by Gasteiger charge is 2.15. The van der Waals surface area contributed by atoms with E-state index in [-0.39, 0.29) is 0 Å². The van der Waals surface area contributed by atoms with Crippen LogP contribution < -0.4 is 5.32 Å². The van der Waals surface area contributed by atoms with Crippen molar-refractivity contribution in [3.05, 3.63) is 47.3 Å². The van der Waals surface area contributed by atoms with Gasteiger partial charge in [0.05, 0.1) is 11.4 Å². The lowest BCUT2D eigenvalue weighted by molar-refractivity contribution is 0.507. The number of nitrogens with zero attached hydrogens (tertiary/aromatic N) is 2. The van der Waals surface area contributed by atoms with Crippen molar-refractivity contribution in [2.45, 2.75) is 13.1 Å². The highest BCUT2D eigenvalue weighted by atomic mass is 19.2. The maximum Gasteiger partial charge on any atom is 0.160 e. The van der Waals surface area contributed by atoms with Crippen molar-refractivity contribution in [2.75, 3.05) is 0 Å². The summed E-state index contributed by atoms with van der Waals surface area (Å²) >= 11 is 0. The number of aromatic nitrogens is 2. The highest BCUT2D eigenvalue weighted by molar-refractivity contribution is 5.34. The third-order valence-corrected chi connectivity index (χ3v) is 2.65. The molecule has 16 heavy (non-hydrogen) atoms. The summed E-state index contributed by atoms with van der Waals surface area (Å²) in [5.41, 5.74) is 2.60. The number of halogens is 2. The average molecular weight is 221 g/mol. The summed E-state index contributed by atoms with van der Waals surface area (Å²) < 4.78 is 27.4. The third-order valence-electron chi connectivity index (χ3n) is 2.65. The Hall–Kier alpha value is -1.75. The Balaban J connectivity index is 2.05. The number of hydrogen-bond donors (Lipinski definition) is 1. The second-order valence-corrected chi connectivity index (χ2v) is 3.75. The van der Waals surface area contributed by atoms with Crippen molar-refractivity contribution in [2.24, 2.45) is 0 Å². The molecule has 0 spiro atoms. The van der Waals surface area contributed by atoms with E-state index in [9.17, 15) is 8.78 Å². The van der Waals surface area contributed by atoms with Gasteiger partial charge in [-0.1, -0.05) is 0 Å². The van der Waals surface area contributed by atoms with Crippen LogP contribution in [0.25, 0.3) is 5.69 Å². The molecule has 1 N–H and O–H groups in total. The van der Waals surface area contributed by atoms with Crippen LogP contribution in [0, 0.1) is 11.6 Å². The molecule has 82 valence electrons. The maximum absolute atomic E-state index is 13.0. The van der Waals surface area contributed by atoms with Gasteiger partial charge in [0.15, 0.2) is 11.6 Å². The first-order valence-electron chi connectivity index (χ1n) is 4.97. The quantitative estimate of drug-likeness (QED) is 0.795. The zero-order valence-corrected chi connectivity index (χ0v) is 8.37. The van der Waals surface area contributed by atoms with Crippen molar-refractivity contribution < 1.29 is 8.78 Å². The monoisotopic (exact) mass is 221 g/mol. The Morgan fingerprint density at radius 3 is 2.81 bits per heavy atom. The van der Waals surface area contributed by atoms with E-state index in [1.807, 2.05) is 6.20 Å². The first kappa shape index (κ1) is 9.47. The number of rotatable bonds is 1. The molecule has 0 radical (unpaired) electrons. The zero-order chi connectivity index (χ0) is 11.1. The van der Waals surface area contributed by atoms with Crippen molar-refractivity contribution >= 4 is 0 Å². The van der Waals surface area contributed by atoms with Gasteiger partial charge < -0.3 is 5.32 Å². The van der Waals surface area contributed by atoms with E-state index in [1.54, 1.807) is 4.68 Å². The van der Waals surface area contributed by atoms with E-state index in [0.29, 0.717) is 5.69 Å². The topological polar surface area (TPSA) is 29.9 Å². The molecule has 0 fully saturated rings. The number of benzene rings is 1. The molecule has 1 aromatic heterocycles. The smallest absolute Gasteiger partial charge is 0.160 e. The van der Waals surface area contributed by atoms with E-state index in [0.717, 1.165) is 36.5 Å². The fourth-order valence-electron chi connectivity index (χ4n) is 1.82. The fraction of sp³-hybridized carbons (Fsp3) is 0.182. The molecule has 3 nitrogen and oxygen atoms in total. The summed E-state index contributed by atoms with van der Waals surface area (Å²) in [5, 5.41) is 7.45. The summed E-state index contributed by atoms with van der Waals surface area (Å²) in [6.07, 6.45) is 1.84. The molecule has 1 aliphatic rings. The predicted molar refractivity (Wildman–Crippen MR) is 54.0 cm³/mol. The van der Waals surface area contributed by atoms with E-state index in [1.165, 1.54) is 6.07 Å². The molecule has 0 saturated carbocycles. The van der Waals surface area contributed by atoms with Crippen LogP contribution >= 0.6 is 0 Å². The molecule has 2 heterocycles. The van der Waals surface area contributed by atoms with Gasteiger partial charge in [-0.05, 0) is 12.1 Å². The van der Waals surface area contributed by atoms with Gasteiger partial charge in [-0.25, -0.2) is 13.5 Å². The highest BCUT2D eigenvalue weighted by Crippen LogP contribution is 2.17. The first-order valence-corrected chi connectivity index (χ1v) is 4.97. The normalized spacial score (nSPS) is 14.1. The van der Waals surface area contributed by atoms with Gasteiger partial charge in [0.2, 0.25) is 0 Å². The third kappa shape index (κ3) is 1.40. The minimum absolute atomic E-state index is 0.535. The minimum atomic E-state index is -0.855. The van der Waals surface area contributed by atoms with Crippen LogP contribution in [-0.4, -0.2) is 9.78 Å². The summed E-state index contributed by atoms with van der Waals surface area (Å²) in [6.45, 7) is 1.50. The van der Waals surface area contributed by atoms with Crippen molar-refractivity contribution in [3.63, 3.8) is 0 Å². The van der Waals surface area contributed by atoms with Crippen LogP contribution in [0.15, 0.2) is 24.4 Å². The Kier molecular flexibility index (Phi) is 2.00. The molecule has 1 aliphatic heterocycles. The van der Waals surface area contributed by atoms with Crippen LogP contribution in [0.1, 0.15) is 11.3 Å². The van der Waals surface area contributed by atoms with Gasteiger partial charge >= 0.3 is 0 Å².